The van der Waals surface area contributed by atoms with Crippen molar-refractivity contribution in [3.8, 4) is 0 Å². The van der Waals surface area contributed by atoms with Gasteiger partial charge in [0.05, 0.1) is 11.4 Å². The SMILES string of the molecule is CCSc1ccccc1NC(=O)c1ccc(N(C)S(=O)(=O)N(C)C)cc1. The van der Waals surface area contributed by atoms with Gasteiger partial charge in [-0.1, -0.05) is 19.1 Å². The normalized spacial score (nSPS) is 11.4. The summed E-state index contributed by atoms with van der Waals surface area (Å²) in [5, 5.41) is 2.91. The number of amides is 1. The van der Waals surface area contributed by atoms with Gasteiger partial charge in [-0.15, -0.1) is 11.8 Å². The Hall–Kier alpha value is -2.03. The molecule has 0 bridgehead atoms. The van der Waals surface area contributed by atoms with E-state index in [1.165, 1.54) is 25.4 Å². The molecule has 0 heterocycles. The minimum absolute atomic E-state index is 0.237. The number of hydrogen-bond donors (Lipinski definition) is 1. The summed E-state index contributed by atoms with van der Waals surface area (Å²) in [5.74, 6) is 0.674. The molecule has 0 saturated heterocycles. The topological polar surface area (TPSA) is 69.7 Å². The molecular formula is C18H23N3O3S2. The molecular weight excluding hydrogens is 370 g/mol. The van der Waals surface area contributed by atoms with E-state index in [4.69, 9.17) is 0 Å². The Bertz CT molecular complexity index is 866. The summed E-state index contributed by atoms with van der Waals surface area (Å²) in [6.45, 7) is 2.06. The molecule has 0 radical (unpaired) electrons. The summed E-state index contributed by atoms with van der Waals surface area (Å²) in [6, 6.07) is 14.1. The minimum Gasteiger partial charge on any atom is -0.321 e. The maximum atomic E-state index is 12.5. The number of benzene rings is 2. The number of anilines is 2. The van der Waals surface area contributed by atoms with Crippen LogP contribution in [0.4, 0.5) is 11.4 Å². The number of carbonyl (C=O) groups excluding carboxylic acids is 1. The van der Waals surface area contributed by atoms with Crippen LogP contribution in [0.1, 0.15) is 17.3 Å². The van der Waals surface area contributed by atoms with Crippen molar-refractivity contribution in [1.29, 1.82) is 0 Å². The number of nitrogens with zero attached hydrogens (tertiary/aromatic N) is 2. The van der Waals surface area contributed by atoms with Crippen molar-refractivity contribution in [3.63, 3.8) is 0 Å². The number of hydrogen-bond acceptors (Lipinski definition) is 4. The predicted molar refractivity (Wildman–Crippen MR) is 108 cm³/mol. The number of rotatable bonds is 7. The van der Waals surface area contributed by atoms with E-state index in [9.17, 15) is 13.2 Å². The molecule has 2 aromatic carbocycles. The predicted octanol–water partition coefficient (Wildman–Crippen LogP) is 3.29. The lowest BCUT2D eigenvalue weighted by atomic mass is 10.2. The van der Waals surface area contributed by atoms with Gasteiger partial charge in [0.2, 0.25) is 0 Å². The lowest BCUT2D eigenvalue weighted by molar-refractivity contribution is 0.102. The van der Waals surface area contributed by atoms with Crippen molar-refractivity contribution < 1.29 is 13.2 Å². The van der Waals surface area contributed by atoms with E-state index in [0.717, 1.165) is 20.6 Å². The monoisotopic (exact) mass is 393 g/mol. The van der Waals surface area contributed by atoms with Crippen molar-refractivity contribution in [2.45, 2.75) is 11.8 Å². The third-order valence-corrected chi connectivity index (χ3v) is 6.52. The molecule has 140 valence electrons. The van der Waals surface area contributed by atoms with Crippen LogP contribution in [0.5, 0.6) is 0 Å². The molecule has 6 nitrogen and oxygen atoms in total. The van der Waals surface area contributed by atoms with Crippen LogP contribution in [0.3, 0.4) is 0 Å². The van der Waals surface area contributed by atoms with Gasteiger partial charge in [0.25, 0.3) is 5.91 Å². The Kier molecular flexibility index (Phi) is 6.69. The first-order valence-electron chi connectivity index (χ1n) is 8.07. The first-order chi connectivity index (χ1) is 12.3. The largest absolute Gasteiger partial charge is 0.321 e. The second kappa shape index (κ2) is 8.57. The summed E-state index contributed by atoms with van der Waals surface area (Å²) in [5.41, 5.74) is 1.71. The zero-order valence-electron chi connectivity index (χ0n) is 15.3. The molecule has 2 aromatic rings. The Morgan fingerprint density at radius 2 is 1.65 bits per heavy atom. The van der Waals surface area contributed by atoms with Crippen LogP contribution in [0.15, 0.2) is 53.4 Å². The van der Waals surface area contributed by atoms with Crippen molar-refractivity contribution in [2.75, 3.05) is 36.5 Å². The highest BCUT2D eigenvalue weighted by Gasteiger charge is 2.21. The highest BCUT2D eigenvalue weighted by Crippen LogP contribution is 2.27. The van der Waals surface area contributed by atoms with E-state index in [1.54, 1.807) is 36.0 Å². The first kappa shape index (κ1) is 20.3. The maximum Gasteiger partial charge on any atom is 0.303 e. The summed E-state index contributed by atoms with van der Waals surface area (Å²) < 4.78 is 26.6. The van der Waals surface area contributed by atoms with Crippen LogP contribution in [-0.4, -0.2) is 45.5 Å². The summed E-state index contributed by atoms with van der Waals surface area (Å²) in [7, 11) is 0.858. The molecule has 8 heteroatoms. The number of para-hydroxylation sites is 1. The van der Waals surface area contributed by atoms with Gasteiger partial charge < -0.3 is 5.32 Å². The molecule has 0 aliphatic heterocycles. The van der Waals surface area contributed by atoms with Crippen LogP contribution < -0.4 is 9.62 Å². The maximum absolute atomic E-state index is 12.5. The molecule has 0 aliphatic carbocycles. The fourth-order valence-electron chi connectivity index (χ4n) is 2.25. The quantitative estimate of drug-likeness (QED) is 0.733. The van der Waals surface area contributed by atoms with E-state index >= 15 is 0 Å². The molecule has 26 heavy (non-hydrogen) atoms. The lowest BCUT2D eigenvalue weighted by Crippen LogP contribution is -2.37. The van der Waals surface area contributed by atoms with Crippen LogP contribution in [0.2, 0.25) is 0 Å². The van der Waals surface area contributed by atoms with Crippen molar-refractivity contribution >= 4 is 39.3 Å². The summed E-state index contributed by atoms with van der Waals surface area (Å²) in [6.07, 6.45) is 0. The zero-order chi connectivity index (χ0) is 19.3. The Morgan fingerprint density at radius 3 is 2.23 bits per heavy atom. The van der Waals surface area contributed by atoms with E-state index in [0.29, 0.717) is 11.3 Å². The van der Waals surface area contributed by atoms with Crippen molar-refractivity contribution in [2.24, 2.45) is 0 Å². The van der Waals surface area contributed by atoms with Crippen LogP contribution >= 0.6 is 11.8 Å². The summed E-state index contributed by atoms with van der Waals surface area (Å²) in [4.78, 5) is 13.5. The fraction of sp³-hybridized carbons (Fsp3) is 0.278. The third kappa shape index (κ3) is 4.57. The first-order valence-corrected chi connectivity index (χ1v) is 10.4. The van der Waals surface area contributed by atoms with Crippen LogP contribution in [-0.2, 0) is 10.2 Å². The number of thioether (sulfide) groups is 1. The van der Waals surface area contributed by atoms with Gasteiger partial charge >= 0.3 is 10.2 Å². The standard InChI is InChI=1S/C18H23N3O3S2/c1-5-25-17-9-7-6-8-16(17)19-18(22)14-10-12-15(13-11-14)21(4)26(23,24)20(2)3/h6-13H,5H2,1-4H3,(H,19,22). The Labute approximate surface area is 159 Å². The fourth-order valence-corrected chi connectivity index (χ4v) is 3.89. The second-order valence-electron chi connectivity index (χ2n) is 5.69. The van der Waals surface area contributed by atoms with E-state index in [2.05, 4.69) is 12.2 Å². The van der Waals surface area contributed by atoms with Gasteiger partial charge in [-0.25, -0.2) is 0 Å². The number of carbonyl (C=O) groups is 1. The van der Waals surface area contributed by atoms with E-state index in [1.807, 2.05) is 24.3 Å². The van der Waals surface area contributed by atoms with Crippen molar-refractivity contribution in [3.05, 3.63) is 54.1 Å². The molecule has 0 saturated carbocycles. The molecule has 0 atom stereocenters. The molecule has 1 amide bonds. The molecule has 2 rings (SSSR count). The highest BCUT2D eigenvalue weighted by molar-refractivity contribution is 7.99. The lowest BCUT2D eigenvalue weighted by Gasteiger charge is -2.23. The van der Waals surface area contributed by atoms with Crippen LogP contribution in [0.25, 0.3) is 0 Å². The average Bonchev–Trinajstić information content (AvgIpc) is 2.63. The smallest absolute Gasteiger partial charge is 0.303 e. The van der Waals surface area contributed by atoms with Gasteiger partial charge in [-0.2, -0.15) is 12.7 Å². The van der Waals surface area contributed by atoms with Gasteiger partial charge in [0.15, 0.2) is 0 Å². The zero-order valence-corrected chi connectivity index (χ0v) is 16.9. The Balaban J connectivity index is 2.17. The van der Waals surface area contributed by atoms with Gasteiger partial charge in [0.1, 0.15) is 0 Å². The molecule has 0 aromatic heterocycles. The van der Waals surface area contributed by atoms with E-state index in [-0.39, 0.29) is 5.91 Å². The Morgan fingerprint density at radius 1 is 1.04 bits per heavy atom. The minimum atomic E-state index is -3.56. The average molecular weight is 394 g/mol. The molecule has 0 spiro atoms. The number of nitrogens with one attached hydrogen (secondary N) is 1. The molecule has 0 unspecified atom stereocenters. The van der Waals surface area contributed by atoms with Crippen molar-refractivity contribution in [1.82, 2.24) is 4.31 Å². The summed E-state index contributed by atoms with van der Waals surface area (Å²) >= 11 is 1.66. The van der Waals surface area contributed by atoms with Crippen LogP contribution in [0, 0.1) is 0 Å². The van der Waals surface area contributed by atoms with Gasteiger partial charge in [-0.3, -0.25) is 9.10 Å². The van der Waals surface area contributed by atoms with Gasteiger partial charge in [0, 0.05) is 31.6 Å². The highest BCUT2D eigenvalue weighted by atomic mass is 32.2. The third-order valence-electron chi connectivity index (χ3n) is 3.74. The van der Waals surface area contributed by atoms with Gasteiger partial charge in [-0.05, 0) is 42.2 Å². The second-order valence-corrected chi connectivity index (χ2v) is 9.17. The van der Waals surface area contributed by atoms with E-state index < -0.39 is 10.2 Å². The molecule has 0 aliphatic rings. The molecule has 0 fully saturated rings. The molecule has 1 N–H and O–H groups in total.